The highest BCUT2D eigenvalue weighted by Crippen LogP contribution is 2.47. The van der Waals surface area contributed by atoms with E-state index in [0.717, 1.165) is 28.9 Å². The van der Waals surface area contributed by atoms with Crippen LogP contribution in [0.2, 0.25) is 0 Å². The van der Waals surface area contributed by atoms with Gasteiger partial charge in [0.05, 0.1) is 11.9 Å². The first kappa shape index (κ1) is 17.4. The lowest BCUT2D eigenvalue weighted by Crippen LogP contribution is -2.14. The maximum absolute atomic E-state index is 12.4. The summed E-state index contributed by atoms with van der Waals surface area (Å²) < 4.78 is 1.76. The number of carbonyl (C=O) groups excluding carboxylic acids is 2. The third kappa shape index (κ3) is 3.90. The third-order valence-corrected chi connectivity index (χ3v) is 5.27. The van der Waals surface area contributed by atoms with Crippen LogP contribution in [0.25, 0.3) is 11.3 Å². The molecule has 1 saturated carbocycles. The number of hydrogen-bond acceptors (Lipinski definition) is 5. The van der Waals surface area contributed by atoms with E-state index < -0.39 is 0 Å². The van der Waals surface area contributed by atoms with Crippen LogP contribution in [0.4, 0.5) is 10.8 Å². The molecule has 0 radical (unpaired) electrons. The van der Waals surface area contributed by atoms with Crippen LogP contribution in [-0.2, 0) is 16.6 Å². The standard InChI is InChI=1S/C19H19N5O2S/c1-11(25)21-14-5-3-12(4-6-14)17-10-27-19(22-17)23-18(26)16-7-15(16)13-8-20-24(2)9-13/h3-6,8-10,15-16H,7H2,1-2H3,(H,21,25)(H,22,23,26). The summed E-state index contributed by atoms with van der Waals surface area (Å²) in [6, 6.07) is 7.45. The highest BCUT2D eigenvalue weighted by atomic mass is 32.1. The Morgan fingerprint density at radius 1 is 1.22 bits per heavy atom. The zero-order valence-electron chi connectivity index (χ0n) is 15.0. The summed E-state index contributed by atoms with van der Waals surface area (Å²) in [5.74, 6) is 0.134. The molecular weight excluding hydrogens is 362 g/mol. The number of nitrogens with zero attached hydrogens (tertiary/aromatic N) is 3. The van der Waals surface area contributed by atoms with Crippen LogP contribution in [0, 0.1) is 5.92 Å². The zero-order valence-corrected chi connectivity index (χ0v) is 15.8. The van der Waals surface area contributed by atoms with Crippen molar-refractivity contribution in [3.8, 4) is 11.3 Å². The van der Waals surface area contributed by atoms with Crippen molar-refractivity contribution < 1.29 is 9.59 Å². The number of thiazole rings is 1. The van der Waals surface area contributed by atoms with E-state index in [9.17, 15) is 9.59 Å². The van der Waals surface area contributed by atoms with Crippen LogP contribution in [0.1, 0.15) is 24.8 Å². The monoisotopic (exact) mass is 381 g/mol. The first-order valence-corrected chi connectivity index (χ1v) is 9.50. The van der Waals surface area contributed by atoms with Crippen LogP contribution in [0.3, 0.4) is 0 Å². The van der Waals surface area contributed by atoms with Gasteiger partial charge in [-0.05, 0) is 30.0 Å². The molecule has 2 atom stereocenters. The Morgan fingerprint density at radius 2 is 2.00 bits per heavy atom. The number of aromatic nitrogens is 3. The van der Waals surface area contributed by atoms with Crippen LogP contribution < -0.4 is 10.6 Å². The fraction of sp³-hybridized carbons (Fsp3) is 0.263. The van der Waals surface area contributed by atoms with Crippen LogP contribution in [-0.4, -0.2) is 26.6 Å². The second-order valence-corrected chi connectivity index (χ2v) is 7.54. The van der Waals surface area contributed by atoms with Gasteiger partial charge < -0.3 is 10.6 Å². The van der Waals surface area contributed by atoms with Crippen molar-refractivity contribution in [1.29, 1.82) is 0 Å². The Balaban J connectivity index is 1.38. The van der Waals surface area contributed by atoms with Gasteiger partial charge >= 0.3 is 0 Å². The molecule has 3 aromatic rings. The fourth-order valence-corrected chi connectivity index (χ4v) is 3.80. The molecule has 1 aromatic carbocycles. The molecule has 4 rings (SSSR count). The Hall–Kier alpha value is -3.00. The molecule has 8 heteroatoms. The maximum Gasteiger partial charge on any atom is 0.229 e. The van der Waals surface area contributed by atoms with Crippen LogP contribution in [0.5, 0.6) is 0 Å². The molecule has 27 heavy (non-hydrogen) atoms. The minimum Gasteiger partial charge on any atom is -0.326 e. The van der Waals surface area contributed by atoms with E-state index in [1.165, 1.54) is 18.3 Å². The predicted molar refractivity (Wildman–Crippen MR) is 105 cm³/mol. The minimum absolute atomic E-state index is 0.00533. The van der Waals surface area contributed by atoms with Crippen molar-refractivity contribution in [2.24, 2.45) is 13.0 Å². The molecular formula is C19H19N5O2S. The molecule has 0 aliphatic heterocycles. The van der Waals surface area contributed by atoms with Gasteiger partial charge in [0, 0.05) is 42.7 Å². The summed E-state index contributed by atoms with van der Waals surface area (Å²) in [5, 5.41) is 12.3. The number of benzene rings is 1. The second kappa shape index (κ2) is 6.96. The summed E-state index contributed by atoms with van der Waals surface area (Å²) in [6.07, 6.45) is 4.63. The molecule has 2 amide bonds. The lowest BCUT2D eigenvalue weighted by atomic mass is 10.1. The summed E-state index contributed by atoms with van der Waals surface area (Å²) in [7, 11) is 1.88. The average Bonchev–Trinajstić information content (AvgIpc) is 3.10. The van der Waals surface area contributed by atoms with Gasteiger partial charge in [0.1, 0.15) is 0 Å². The van der Waals surface area contributed by atoms with E-state index in [-0.39, 0.29) is 23.7 Å². The molecule has 2 unspecified atom stereocenters. The molecule has 0 saturated heterocycles. The summed E-state index contributed by atoms with van der Waals surface area (Å²) >= 11 is 1.40. The van der Waals surface area contributed by atoms with Gasteiger partial charge in [-0.15, -0.1) is 11.3 Å². The molecule has 1 aliphatic carbocycles. The van der Waals surface area contributed by atoms with Gasteiger partial charge in [0.2, 0.25) is 11.8 Å². The smallest absolute Gasteiger partial charge is 0.229 e. The van der Waals surface area contributed by atoms with Crippen molar-refractivity contribution in [3.63, 3.8) is 0 Å². The first-order valence-electron chi connectivity index (χ1n) is 8.62. The highest BCUT2D eigenvalue weighted by Gasteiger charge is 2.44. The Bertz CT molecular complexity index is 992. The van der Waals surface area contributed by atoms with Crippen molar-refractivity contribution in [3.05, 3.63) is 47.6 Å². The van der Waals surface area contributed by atoms with Crippen molar-refractivity contribution in [1.82, 2.24) is 14.8 Å². The molecule has 1 fully saturated rings. The van der Waals surface area contributed by atoms with Crippen LogP contribution >= 0.6 is 11.3 Å². The van der Waals surface area contributed by atoms with Crippen molar-refractivity contribution >= 4 is 34.0 Å². The van der Waals surface area contributed by atoms with Gasteiger partial charge in [-0.3, -0.25) is 14.3 Å². The van der Waals surface area contributed by atoms with Crippen molar-refractivity contribution in [2.75, 3.05) is 10.6 Å². The molecule has 0 spiro atoms. The summed E-state index contributed by atoms with van der Waals surface area (Å²) in [4.78, 5) is 28.0. The number of carbonyl (C=O) groups is 2. The Labute approximate surface area is 160 Å². The van der Waals surface area contributed by atoms with Gasteiger partial charge in [-0.1, -0.05) is 12.1 Å². The molecule has 2 heterocycles. The number of anilines is 2. The number of aryl methyl sites for hydroxylation is 1. The first-order chi connectivity index (χ1) is 13.0. The van der Waals surface area contributed by atoms with Gasteiger partial charge in [-0.25, -0.2) is 4.98 Å². The average molecular weight is 381 g/mol. The number of hydrogen-bond donors (Lipinski definition) is 2. The molecule has 7 nitrogen and oxygen atoms in total. The number of amides is 2. The largest absolute Gasteiger partial charge is 0.326 e. The lowest BCUT2D eigenvalue weighted by Gasteiger charge is -2.03. The van der Waals surface area contributed by atoms with E-state index in [1.807, 2.05) is 49.1 Å². The fourth-order valence-electron chi connectivity index (χ4n) is 3.07. The third-order valence-electron chi connectivity index (χ3n) is 4.52. The van der Waals surface area contributed by atoms with Gasteiger partial charge in [0.25, 0.3) is 0 Å². The van der Waals surface area contributed by atoms with Crippen molar-refractivity contribution in [2.45, 2.75) is 19.3 Å². The molecule has 1 aliphatic rings. The summed E-state index contributed by atoms with van der Waals surface area (Å²) in [6.45, 7) is 1.47. The Kier molecular flexibility index (Phi) is 4.49. The minimum atomic E-state index is -0.105. The zero-order chi connectivity index (χ0) is 19.0. The molecule has 2 N–H and O–H groups in total. The quantitative estimate of drug-likeness (QED) is 0.710. The normalized spacial score (nSPS) is 18.1. The topological polar surface area (TPSA) is 88.9 Å². The van der Waals surface area contributed by atoms with E-state index in [0.29, 0.717) is 5.13 Å². The second-order valence-electron chi connectivity index (χ2n) is 6.68. The molecule has 2 aromatic heterocycles. The highest BCUT2D eigenvalue weighted by molar-refractivity contribution is 7.14. The number of nitrogens with one attached hydrogen (secondary N) is 2. The predicted octanol–water partition coefficient (Wildman–Crippen LogP) is 3.24. The lowest BCUT2D eigenvalue weighted by molar-refractivity contribution is -0.117. The Morgan fingerprint density at radius 3 is 2.67 bits per heavy atom. The van der Waals surface area contributed by atoms with E-state index in [2.05, 4.69) is 20.7 Å². The van der Waals surface area contributed by atoms with Gasteiger partial charge in [0.15, 0.2) is 5.13 Å². The SMILES string of the molecule is CC(=O)Nc1ccc(-c2csc(NC(=O)C3CC3c3cnn(C)c3)n2)cc1. The number of rotatable bonds is 5. The molecule has 0 bridgehead atoms. The van der Waals surface area contributed by atoms with E-state index in [1.54, 1.807) is 4.68 Å². The van der Waals surface area contributed by atoms with Crippen LogP contribution in [0.15, 0.2) is 42.0 Å². The van der Waals surface area contributed by atoms with E-state index in [4.69, 9.17) is 0 Å². The van der Waals surface area contributed by atoms with E-state index >= 15 is 0 Å². The van der Waals surface area contributed by atoms with Gasteiger partial charge in [-0.2, -0.15) is 5.10 Å². The maximum atomic E-state index is 12.4. The summed E-state index contributed by atoms with van der Waals surface area (Å²) in [5.41, 5.74) is 3.58. The molecule has 138 valence electrons.